The number of nitrogens with zero attached hydrogens (tertiary/aromatic N) is 3. The fourth-order valence-corrected chi connectivity index (χ4v) is 3.99. The van der Waals surface area contributed by atoms with Gasteiger partial charge in [0.25, 0.3) is 0 Å². The number of hydrogen-bond acceptors (Lipinski definition) is 5. The van der Waals surface area contributed by atoms with E-state index >= 15 is 0 Å². The lowest BCUT2D eigenvalue weighted by atomic mass is 9.83. The molecule has 1 aromatic heterocycles. The summed E-state index contributed by atoms with van der Waals surface area (Å²) in [6, 6.07) is 6.95. The van der Waals surface area contributed by atoms with Gasteiger partial charge in [0.15, 0.2) is 0 Å². The molecule has 5 nitrogen and oxygen atoms in total. The van der Waals surface area contributed by atoms with Crippen molar-refractivity contribution in [2.75, 3.05) is 26.9 Å². The average molecular weight is 327 g/mol. The van der Waals surface area contributed by atoms with Gasteiger partial charge in [-0.15, -0.1) is 0 Å². The van der Waals surface area contributed by atoms with E-state index in [9.17, 15) is 0 Å². The Morgan fingerprint density at radius 3 is 2.75 bits per heavy atom. The van der Waals surface area contributed by atoms with Crippen molar-refractivity contribution >= 4 is 11.0 Å². The maximum Gasteiger partial charge on any atom is 0.0890 e. The zero-order valence-electron chi connectivity index (χ0n) is 14.3. The van der Waals surface area contributed by atoms with E-state index in [1.807, 2.05) is 0 Å². The van der Waals surface area contributed by atoms with Gasteiger partial charge in [0.1, 0.15) is 0 Å². The molecule has 1 unspecified atom stereocenters. The highest BCUT2D eigenvalue weighted by Crippen LogP contribution is 2.36. The standard InChI is InChI=1S/C19H25N3O2/c1-22(14-15-2-3-17-18(12-15)21-8-7-20-17)16-4-9-24-19(13-16)5-10-23-11-6-19/h2-3,7-8,12,16H,4-6,9-11,13-14H2,1H3. The topological polar surface area (TPSA) is 47.5 Å². The average Bonchev–Trinajstić information content (AvgIpc) is 2.62. The quantitative estimate of drug-likeness (QED) is 0.867. The first kappa shape index (κ1) is 15.9. The number of benzene rings is 1. The van der Waals surface area contributed by atoms with Crippen LogP contribution in [-0.2, 0) is 16.0 Å². The Morgan fingerprint density at radius 1 is 1.12 bits per heavy atom. The maximum atomic E-state index is 6.17. The van der Waals surface area contributed by atoms with Crippen LogP contribution in [0.4, 0.5) is 0 Å². The molecule has 1 aromatic carbocycles. The molecule has 3 heterocycles. The third kappa shape index (κ3) is 3.29. The molecule has 2 aliphatic rings. The van der Waals surface area contributed by atoms with Crippen LogP contribution in [0.5, 0.6) is 0 Å². The van der Waals surface area contributed by atoms with Crippen molar-refractivity contribution in [1.29, 1.82) is 0 Å². The van der Waals surface area contributed by atoms with Crippen LogP contribution in [0.1, 0.15) is 31.2 Å². The lowest BCUT2D eigenvalue weighted by Crippen LogP contribution is -2.50. The summed E-state index contributed by atoms with van der Waals surface area (Å²) < 4.78 is 11.7. The minimum atomic E-state index is 0.0459. The third-order valence-corrected chi connectivity index (χ3v) is 5.46. The van der Waals surface area contributed by atoms with Crippen molar-refractivity contribution in [2.24, 2.45) is 0 Å². The summed E-state index contributed by atoms with van der Waals surface area (Å²) in [5, 5.41) is 0. The molecule has 0 N–H and O–H groups in total. The Kier molecular flexibility index (Phi) is 4.48. The number of aromatic nitrogens is 2. The van der Waals surface area contributed by atoms with E-state index in [1.165, 1.54) is 5.56 Å². The van der Waals surface area contributed by atoms with Crippen LogP contribution in [0.2, 0.25) is 0 Å². The Morgan fingerprint density at radius 2 is 1.92 bits per heavy atom. The molecule has 2 aliphatic heterocycles. The molecule has 128 valence electrons. The summed E-state index contributed by atoms with van der Waals surface area (Å²) in [6.07, 6.45) is 7.77. The normalized spacial score (nSPS) is 23.8. The minimum absolute atomic E-state index is 0.0459. The molecule has 0 saturated carbocycles. The van der Waals surface area contributed by atoms with E-state index in [1.54, 1.807) is 12.4 Å². The third-order valence-electron chi connectivity index (χ3n) is 5.46. The van der Waals surface area contributed by atoms with Crippen LogP contribution in [0.15, 0.2) is 30.6 Å². The van der Waals surface area contributed by atoms with E-state index < -0.39 is 0 Å². The Bertz CT molecular complexity index is 694. The van der Waals surface area contributed by atoms with E-state index in [4.69, 9.17) is 9.47 Å². The number of ether oxygens (including phenoxy) is 2. The van der Waals surface area contributed by atoms with Gasteiger partial charge in [0.05, 0.1) is 16.6 Å². The molecule has 2 aromatic rings. The summed E-state index contributed by atoms with van der Waals surface area (Å²) >= 11 is 0. The molecule has 0 aliphatic carbocycles. The second-order valence-corrected chi connectivity index (χ2v) is 7.08. The minimum Gasteiger partial charge on any atom is -0.381 e. The van der Waals surface area contributed by atoms with Crippen molar-refractivity contribution in [3.8, 4) is 0 Å². The van der Waals surface area contributed by atoms with Crippen LogP contribution in [-0.4, -0.2) is 53.4 Å². The second-order valence-electron chi connectivity index (χ2n) is 7.08. The zero-order valence-corrected chi connectivity index (χ0v) is 14.3. The summed E-state index contributed by atoms with van der Waals surface area (Å²) in [7, 11) is 2.23. The highest BCUT2D eigenvalue weighted by Gasteiger charge is 2.40. The lowest BCUT2D eigenvalue weighted by Gasteiger charge is -2.45. The van der Waals surface area contributed by atoms with Gasteiger partial charge in [-0.05, 0) is 50.4 Å². The molecule has 0 bridgehead atoms. The van der Waals surface area contributed by atoms with Gasteiger partial charge in [-0.3, -0.25) is 14.9 Å². The molecule has 1 spiro atoms. The van der Waals surface area contributed by atoms with Crippen LogP contribution in [0, 0.1) is 0 Å². The van der Waals surface area contributed by atoms with Crippen molar-refractivity contribution in [3.63, 3.8) is 0 Å². The van der Waals surface area contributed by atoms with Crippen LogP contribution >= 0.6 is 0 Å². The van der Waals surface area contributed by atoms with Gasteiger partial charge in [-0.1, -0.05) is 6.07 Å². The van der Waals surface area contributed by atoms with Gasteiger partial charge in [0.2, 0.25) is 0 Å². The van der Waals surface area contributed by atoms with Crippen molar-refractivity contribution in [1.82, 2.24) is 14.9 Å². The van der Waals surface area contributed by atoms with Crippen molar-refractivity contribution in [2.45, 2.75) is 43.9 Å². The lowest BCUT2D eigenvalue weighted by molar-refractivity contribution is -0.150. The Labute approximate surface area is 143 Å². The predicted octanol–water partition coefficient (Wildman–Crippen LogP) is 2.79. The predicted molar refractivity (Wildman–Crippen MR) is 92.8 cm³/mol. The van der Waals surface area contributed by atoms with E-state index in [0.29, 0.717) is 6.04 Å². The van der Waals surface area contributed by atoms with Gasteiger partial charge in [0, 0.05) is 44.8 Å². The van der Waals surface area contributed by atoms with E-state index in [2.05, 4.69) is 40.1 Å². The highest BCUT2D eigenvalue weighted by atomic mass is 16.5. The number of rotatable bonds is 3. The smallest absolute Gasteiger partial charge is 0.0890 e. The molecule has 5 heteroatoms. The Hall–Kier alpha value is -1.56. The number of hydrogen-bond donors (Lipinski definition) is 0. The highest BCUT2D eigenvalue weighted by molar-refractivity contribution is 5.74. The summed E-state index contributed by atoms with van der Waals surface area (Å²) in [5.74, 6) is 0. The fraction of sp³-hybridized carbons (Fsp3) is 0.579. The van der Waals surface area contributed by atoms with Crippen molar-refractivity contribution in [3.05, 3.63) is 36.2 Å². The van der Waals surface area contributed by atoms with E-state index in [-0.39, 0.29) is 5.60 Å². The molecule has 2 saturated heterocycles. The summed E-state index contributed by atoms with van der Waals surface area (Å²) in [4.78, 5) is 11.2. The first-order chi connectivity index (χ1) is 11.7. The molecular formula is C19H25N3O2. The molecular weight excluding hydrogens is 302 g/mol. The summed E-state index contributed by atoms with van der Waals surface area (Å²) in [5.41, 5.74) is 3.26. The molecule has 1 atom stereocenters. The first-order valence-electron chi connectivity index (χ1n) is 8.86. The van der Waals surface area contributed by atoms with Gasteiger partial charge >= 0.3 is 0 Å². The second kappa shape index (κ2) is 6.75. The fourth-order valence-electron chi connectivity index (χ4n) is 3.99. The summed E-state index contributed by atoms with van der Waals surface area (Å²) in [6.45, 7) is 3.46. The zero-order chi connectivity index (χ0) is 16.4. The Balaban J connectivity index is 1.45. The number of fused-ring (bicyclic) bond motifs is 1. The van der Waals surface area contributed by atoms with Gasteiger partial charge < -0.3 is 9.47 Å². The van der Waals surface area contributed by atoms with Gasteiger partial charge in [-0.2, -0.15) is 0 Å². The monoisotopic (exact) mass is 327 g/mol. The molecule has 4 rings (SSSR count). The van der Waals surface area contributed by atoms with Crippen LogP contribution in [0.3, 0.4) is 0 Å². The van der Waals surface area contributed by atoms with E-state index in [0.717, 1.165) is 63.1 Å². The largest absolute Gasteiger partial charge is 0.381 e. The molecule has 2 fully saturated rings. The van der Waals surface area contributed by atoms with Crippen LogP contribution < -0.4 is 0 Å². The molecule has 0 amide bonds. The maximum absolute atomic E-state index is 6.17. The van der Waals surface area contributed by atoms with Crippen molar-refractivity contribution < 1.29 is 9.47 Å². The first-order valence-corrected chi connectivity index (χ1v) is 8.86. The molecule has 24 heavy (non-hydrogen) atoms. The van der Waals surface area contributed by atoms with Gasteiger partial charge in [-0.25, -0.2) is 0 Å². The van der Waals surface area contributed by atoms with Crippen LogP contribution in [0.25, 0.3) is 11.0 Å². The SMILES string of the molecule is CN(Cc1ccc2nccnc2c1)C1CCOC2(CCOCC2)C1. The molecule has 0 radical (unpaired) electrons.